The van der Waals surface area contributed by atoms with E-state index in [2.05, 4.69) is 96.4 Å². The fraction of sp³-hybridized carbons (Fsp3) is 0.133. The van der Waals surface area contributed by atoms with Crippen molar-refractivity contribution >= 4 is 96.6 Å². The summed E-state index contributed by atoms with van der Waals surface area (Å²) in [5.41, 5.74) is 6.73. The third-order valence-corrected chi connectivity index (χ3v) is 5.61. The van der Waals surface area contributed by atoms with E-state index in [4.69, 9.17) is 10.5 Å². The van der Waals surface area contributed by atoms with Crippen LogP contribution in [0.25, 0.3) is 0 Å². The Morgan fingerprint density at radius 1 is 1.00 bits per heavy atom. The molecule has 0 radical (unpaired) electrons. The lowest BCUT2D eigenvalue weighted by Crippen LogP contribution is -2.24. The molecule has 0 unspecified atom stereocenters. The predicted octanol–water partition coefficient (Wildman–Crippen LogP) is 4.97. The van der Waals surface area contributed by atoms with Gasteiger partial charge in [0.15, 0.2) is 5.75 Å². The second-order valence-electron chi connectivity index (χ2n) is 4.60. The Morgan fingerprint density at radius 3 is 2.05 bits per heavy atom. The summed E-state index contributed by atoms with van der Waals surface area (Å²) in [4.78, 5) is 10.7. The van der Waals surface area contributed by atoms with E-state index in [1.807, 2.05) is 24.3 Å². The van der Waals surface area contributed by atoms with E-state index < -0.39 is 6.04 Å². The average molecular weight is 745 g/mol. The number of ether oxygens (including phenoxy) is 1. The van der Waals surface area contributed by atoms with Gasteiger partial charge in [0.05, 0.1) is 13.2 Å². The first-order chi connectivity index (χ1) is 10.4. The Kier molecular flexibility index (Phi) is 7.61. The van der Waals surface area contributed by atoms with Crippen LogP contribution in [-0.2, 0) is 11.2 Å². The molecule has 0 fully saturated rings. The summed E-state index contributed by atoms with van der Waals surface area (Å²) < 4.78 is 10.3. The van der Waals surface area contributed by atoms with Crippen molar-refractivity contribution in [3.8, 4) is 11.5 Å². The third-order valence-electron chi connectivity index (χ3n) is 2.76. The molecule has 7 heteroatoms. The van der Waals surface area contributed by atoms with E-state index in [0.29, 0.717) is 6.42 Å². The molecule has 2 N–H and O–H groups in total. The Hall–Kier alpha value is 0.790. The maximum absolute atomic E-state index is 10.7. The summed E-state index contributed by atoms with van der Waals surface area (Å²) in [6.45, 7) is 0. The summed E-state index contributed by atoms with van der Waals surface area (Å²) in [5, 5.41) is 0. The molecule has 2 aromatic rings. The van der Waals surface area contributed by atoms with Crippen molar-refractivity contribution in [2.45, 2.75) is 12.5 Å². The van der Waals surface area contributed by atoms with Crippen LogP contribution in [-0.4, -0.2) is 12.3 Å². The van der Waals surface area contributed by atoms with Gasteiger partial charge in [-0.2, -0.15) is 0 Å². The molecular formula is C15H11I4NO2. The van der Waals surface area contributed by atoms with Gasteiger partial charge in [-0.15, -0.1) is 0 Å². The van der Waals surface area contributed by atoms with Crippen LogP contribution in [0.1, 0.15) is 5.56 Å². The van der Waals surface area contributed by atoms with Crippen LogP contribution in [0.4, 0.5) is 0 Å². The maximum atomic E-state index is 10.7. The number of benzene rings is 2. The molecule has 0 amide bonds. The van der Waals surface area contributed by atoms with E-state index in [-0.39, 0.29) is 0 Å². The molecular weight excluding hydrogens is 734 g/mol. The van der Waals surface area contributed by atoms with Crippen LogP contribution in [0.5, 0.6) is 11.5 Å². The highest BCUT2D eigenvalue weighted by molar-refractivity contribution is 14.1. The molecule has 0 aliphatic carbocycles. The smallest absolute Gasteiger partial charge is 0.154 e. The number of hydrogen-bond acceptors (Lipinski definition) is 3. The van der Waals surface area contributed by atoms with Gasteiger partial charge in [-0.25, -0.2) is 0 Å². The van der Waals surface area contributed by atoms with Crippen molar-refractivity contribution < 1.29 is 9.53 Å². The number of aldehydes is 1. The number of nitrogens with two attached hydrogens (primary N) is 1. The first-order valence-corrected chi connectivity index (χ1v) is 10.5. The van der Waals surface area contributed by atoms with Gasteiger partial charge in [0.1, 0.15) is 12.0 Å². The van der Waals surface area contributed by atoms with Gasteiger partial charge in [0, 0.05) is 7.14 Å². The minimum absolute atomic E-state index is 0.462. The van der Waals surface area contributed by atoms with Gasteiger partial charge in [-0.05, 0) is 133 Å². The molecule has 0 aliphatic heterocycles. The van der Waals surface area contributed by atoms with Crippen molar-refractivity contribution in [2.24, 2.45) is 5.73 Å². The minimum Gasteiger partial charge on any atom is -0.455 e. The average Bonchev–Trinajstić information content (AvgIpc) is 2.41. The van der Waals surface area contributed by atoms with E-state index >= 15 is 0 Å². The van der Waals surface area contributed by atoms with Gasteiger partial charge in [-0.1, -0.05) is 0 Å². The van der Waals surface area contributed by atoms with Gasteiger partial charge in [-0.3, -0.25) is 0 Å². The topological polar surface area (TPSA) is 52.3 Å². The number of rotatable bonds is 5. The molecule has 0 saturated heterocycles. The second-order valence-corrected chi connectivity index (χ2v) is 9.42. The quantitative estimate of drug-likeness (QED) is 0.348. The summed E-state index contributed by atoms with van der Waals surface area (Å²) in [5.74, 6) is 1.66. The Morgan fingerprint density at radius 2 is 1.55 bits per heavy atom. The van der Waals surface area contributed by atoms with Crippen LogP contribution in [0.15, 0.2) is 30.3 Å². The molecule has 0 heterocycles. The summed E-state index contributed by atoms with van der Waals surface area (Å²) in [6, 6.07) is 9.67. The molecule has 0 saturated carbocycles. The molecule has 3 nitrogen and oxygen atoms in total. The summed E-state index contributed by atoms with van der Waals surface area (Å²) >= 11 is 9.06. The molecule has 2 rings (SSSR count). The van der Waals surface area contributed by atoms with Crippen LogP contribution in [0.2, 0.25) is 0 Å². The molecule has 0 aromatic heterocycles. The highest BCUT2D eigenvalue weighted by atomic mass is 127. The van der Waals surface area contributed by atoms with Crippen LogP contribution in [0, 0.1) is 14.3 Å². The van der Waals surface area contributed by atoms with Crippen molar-refractivity contribution in [3.05, 3.63) is 50.2 Å². The number of carbonyl (C=O) groups excluding carboxylic acids is 1. The lowest BCUT2D eigenvalue weighted by Gasteiger charge is -2.13. The highest BCUT2D eigenvalue weighted by Gasteiger charge is 2.12. The summed E-state index contributed by atoms with van der Waals surface area (Å²) in [7, 11) is 0. The van der Waals surface area contributed by atoms with Crippen LogP contribution >= 0.6 is 90.4 Å². The molecule has 22 heavy (non-hydrogen) atoms. The monoisotopic (exact) mass is 745 g/mol. The third kappa shape index (κ3) is 5.41. The summed E-state index contributed by atoms with van der Waals surface area (Å²) in [6.07, 6.45) is 1.31. The fourth-order valence-electron chi connectivity index (χ4n) is 1.85. The van der Waals surface area contributed by atoms with Crippen LogP contribution in [0.3, 0.4) is 0 Å². The van der Waals surface area contributed by atoms with Gasteiger partial charge in [0.25, 0.3) is 0 Å². The minimum atomic E-state index is -0.462. The first kappa shape index (κ1) is 19.1. The number of hydrogen-bond donors (Lipinski definition) is 1. The van der Waals surface area contributed by atoms with Crippen molar-refractivity contribution in [2.75, 3.05) is 0 Å². The second kappa shape index (κ2) is 8.76. The number of carbonyl (C=O) groups is 1. The molecule has 0 aliphatic rings. The van der Waals surface area contributed by atoms with E-state index in [1.54, 1.807) is 0 Å². The molecule has 116 valence electrons. The van der Waals surface area contributed by atoms with E-state index in [1.165, 1.54) is 0 Å². The first-order valence-electron chi connectivity index (χ1n) is 6.22. The predicted molar refractivity (Wildman–Crippen MR) is 122 cm³/mol. The Labute approximate surface area is 183 Å². The van der Waals surface area contributed by atoms with Crippen LogP contribution < -0.4 is 10.5 Å². The Balaban J connectivity index is 2.30. The normalized spacial score (nSPS) is 12.0. The van der Waals surface area contributed by atoms with Gasteiger partial charge < -0.3 is 15.3 Å². The largest absolute Gasteiger partial charge is 0.455 e. The molecule has 0 bridgehead atoms. The molecule has 1 atom stereocenters. The Bertz CT molecular complexity index is 663. The van der Waals surface area contributed by atoms with Gasteiger partial charge >= 0.3 is 0 Å². The lowest BCUT2D eigenvalue weighted by atomic mass is 10.1. The number of halogens is 4. The fourth-order valence-corrected chi connectivity index (χ4v) is 5.85. The standard InChI is InChI=1S/C15H11I4NO2/c16-9-4-10(17)6-12(5-9)22-15-13(18)2-8(3-14(15)19)1-11(20)7-21/h2-7,11H,1,20H2/t11-/m0/s1. The lowest BCUT2D eigenvalue weighted by molar-refractivity contribution is -0.108. The van der Waals surface area contributed by atoms with Crippen molar-refractivity contribution in [1.29, 1.82) is 0 Å². The van der Waals surface area contributed by atoms with Crippen molar-refractivity contribution in [3.63, 3.8) is 0 Å². The van der Waals surface area contributed by atoms with Crippen molar-refractivity contribution in [1.82, 2.24) is 0 Å². The molecule has 2 aromatic carbocycles. The highest BCUT2D eigenvalue weighted by Crippen LogP contribution is 2.34. The van der Waals surface area contributed by atoms with E-state index in [0.717, 1.165) is 37.6 Å². The molecule has 0 spiro atoms. The zero-order chi connectivity index (χ0) is 16.3. The zero-order valence-electron chi connectivity index (χ0n) is 11.2. The van der Waals surface area contributed by atoms with Gasteiger partial charge in [0.2, 0.25) is 0 Å². The van der Waals surface area contributed by atoms with E-state index in [9.17, 15) is 4.79 Å². The zero-order valence-corrected chi connectivity index (χ0v) is 19.8. The SMILES string of the molecule is N[C@H](C=O)Cc1cc(I)c(Oc2cc(I)cc(I)c2)c(I)c1. The maximum Gasteiger partial charge on any atom is 0.154 e.